The number of hydrogen-bond acceptors (Lipinski definition) is 20. The van der Waals surface area contributed by atoms with Crippen LogP contribution in [0.2, 0.25) is 61.4 Å². The van der Waals surface area contributed by atoms with E-state index in [2.05, 4.69) is 184 Å². The number of halogens is 3. The van der Waals surface area contributed by atoms with Crippen LogP contribution >= 0.6 is 39.1 Å². The number of imidazole rings is 3. The van der Waals surface area contributed by atoms with Crippen LogP contribution in [0.4, 0.5) is 28.6 Å². The van der Waals surface area contributed by atoms with E-state index in [1.165, 1.54) is 22.6 Å². The molecule has 5 aliphatic rings. The third-order valence-corrected chi connectivity index (χ3v) is 24.2. The molecule has 0 spiro atoms. The zero-order valence-electron chi connectivity index (χ0n) is 61.0. The number of pyridine rings is 4. The number of anilines is 5. The number of nitrogens with one attached hydrogen (secondary N) is 1. The first-order valence-electron chi connectivity index (χ1n) is 36.4. The molecule has 3 unspecified atom stereocenters. The second kappa shape index (κ2) is 36.3. The van der Waals surface area contributed by atoms with Gasteiger partial charge in [0.25, 0.3) is 0 Å². The molecule has 105 heavy (non-hydrogen) atoms. The summed E-state index contributed by atoms with van der Waals surface area (Å²) in [6.07, 6.45) is 11.5. The van der Waals surface area contributed by atoms with E-state index in [-0.39, 0.29) is 24.0 Å². The lowest BCUT2D eigenvalue weighted by Crippen LogP contribution is -2.36. The summed E-state index contributed by atoms with van der Waals surface area (Å²) in [5.41, 5.74) is 23.8. The predicted octanol–water partition coefficient (Wildman–Crippen LogP) is 15.2. The van der Waals surface area contributed by atoms with Crippen molar-refractivity contribution in [2.75, 3.05) is 132 Å². The van der Waals surface area contributed by atoms with Gasteiger partial charge < -0.3 is 64.3 Å². The minimum Gasteiger partial charge on any atom is -0.395 e. The summed E-state index contributed by atoms with van der Waals surface area (Å²) >= 11 is 15.8. The highest BCUT2D eigenvalue weighted by Gasteiger charge is 2.36. The second-order valence-corrected chi connectivity index (χ2v) is 42.2. The van der Waals surface area contributed by atoms with Crippen LogP contribution in [-0.4, -0.2) is 183 Å². The largest absolute Gasteiger partial charge is 0.395 e. The van der Waals surface area contributed by atoms with Gasteiger partial charge in [0.05, 0.1) is 79.6 Å². The fourth-order valence-electron chi connectivity index (χ4n) is 13.3. The molecule has 1 aliphatic carbocycles. The van der Waals surface area contributed by atoms with Gasteiger partial charge in [-0.25, -0.2) is 34.9 Å². The molecule has 10 aromatic rings. The molecular weight excluding hydrogens is 1470 g/mol. The molecule has 0 amide bonds. The SMILES string of the molecule is C[Si](C)(C)CCOCn1c(-c2ccc(N3CCOCC3)cc2)nc2c(C3CCC(OC4CCOCC4)C(C#N)C3)ccnc21.C[Si](C)(C)CCOCn1c(-c2ccc(N3CCOCC3)cc2)nc2c(Cl)ccnc21.Clc1ccnc2nc(-c3ccc(N4CCOCC4)cc3)[nH]c12.Nc1nccc(Br)c1N. The van der Waals surface area contributed by atoms with Gasteiger partial charge in [-0.1, -0.05) is 62.5 Å². The van der Waals surface area contributed by atoms with Crippen molar-refractivity contribution in [2.24, 2.45) is 5.92 Å². The molecule has 1 saturated carbocycles. The highest BCUT2D eigenvalue weighted by atomic mass is 79.9. The molecule has 0 radical (unpaired) electrons. The Morgan fingerprint density at radius 1 is 0.552 bits per heavy atom. The maximum atomic E-state index is 10.1. The molecule has 23 nitrogen and oxygen atoms in total. The van der Waals surface area contributed by atoms with Crippen molar-refractivity contribution in [1.82, 2.24) is 49.0 Å². The Balaban J connectivity index is 0.000000146. The van der Waals surface area contributed by atoms with Crippen LogP contribution in [0.25, 0.3) is 67.7 Å². The van der Waals surface area contributed by atoms with E-state index in [0.717, 1.165) is 210 Å². The third-order valence-electron chi connectivity index (χ3n) is 19.4. The molecule has 15 rings (SSSR count). The summed E-state index contributed by atoms with van der Waals surface area (Å²) in [7, 11) is -2.36. The summed E-state index contributed by atoms with van der Waals surface area (Å²) in [5, 5.41) is 11.4. The molecular formula is C77H97BrCl2N16O7Si2. The Bertz CT molecular complexity index is 4470. The van der Waals surface area contributed by atoms with Crippen LogP contribution in [0.3, 0.4) is 0 Å². The highest BCUT2D eigenvalue weighted by Crippen LogP contribution is 2.42. The van der Waals surface area contributed by atoms with Crippen molar-refractivity contribution in [3.63, 3.8) is 0 Å². The average Bonchev–Trinajstić information content (AvgIpc) is 1.63. The molecule has 556 valence electrons. The number of aromatic amines is 1. The van der Waals surface area contributed by atoms with Gasteiger partial charge in [0.2, 0.25) is 0 Å². The fraction of sp³-hybridized carbons (Fsp3) is 0.455. The molecule has 7 aromatic heterocycles. The average molecular weight is 1570 g/mol. The molecule has 4 saturated heterocycles. The lowest BCUT2D eigenvalue weighted by molar-refractivity contribution is -0.0909. The number of nitrogens with zero attached hydrogens (tertiary/aromatic N) is 13. The fourth-order valence-corrected chi connectivity index (χ4v) is 15.5. The zero-order chi connectivity index (χ0) is 73.5. The molecule has 4 aliphatic heterocycles. The quantitative estimate of drug-likeness (QED) is 0.0501. The first-order valence-corrected chi connectivity index (χ1v) is 45.4. The van der Waals surface area contributed by atoms with Crippen molar-refractivity contribution in [1.29, 1.82) is 5.26 Å². The molecule has 28 heteroatoms. The van der Waals surface area contributed by atoms with Gasteiger partial charge in [-0.2, -0.15) is 5.26 Å². The van der Waals surface area contributed by atoms with E-state index in [4.69, 9.17) is 82.8 Å². The third kappa shape index (κ3) is 20.4. The van der Waals surface area contributed by atoms with Crippen LogP contribution in [0.5, 0.6) is 0 Å². The standard InChI is InChI=1S/C34H47N5O4Si.C22H29ClN4O2Si.C16H15ClN4O.C5H6BrN3/c1-44(2,3)21-20-42-24-39-33(25-4-7-28(8-5-25)38-14-18-41-19-15-38)37-32-30(10-13-36-34(32)39)26-6-9-31(27(22-26)23-35)43-29-11-16-40-17-12-29;1-30(2,3)15-14-29-16-27-21(25-20-19(23)8-9-24-22(20)27)17-4-6-18(7-5-17)26-10-12-28-13-11-26;17-13-5-6-18-16-14(13)19-15(20-16)11-1-3-12(4-2-11)21-7-9-22-10-8-21;6-3-1-2-9-5(8)4(3)7/h4-5,7-8,10,13,26-27,29,31H,6,9,11-12,14-22,24H2,1-3H3;4-9H,10-16H2,1-3H3;1-6H,7-10H2,(H,18,19,20);1-2H,7H2,(H2,8,9). The number of aromatic nitrogens is 10. The summed E-state index contributed by atoms with van der Waals surface area (Å²) < 4.78 is 45.6. The maximum absolute atomic E-state index is 10.1. The van der Waals surface area contributed by atoms with Crippen LogP contribution in [0, 0.1) is 17.2 Å². The number of H-pyrrole nitrogens is 1. The van der Waals surface area contributed by atoms with Gasteiger partial charge in [0.15, 0.2) is 16.9 Å². The Hall–Kier alpha value is -7.63. The zero-order valence-corrected chi connectivity index (χ0v) is 66.1. The second-order valence-electron chi connectivity index (χ2n) is 29.3. The first-order chi connectivity index (χ1) is 50.8. The van der Waals surface area contributed by atoms with Crippen LogP contribution < -0.4 is 26.2 Å². The Labute approximate surface area is 635 Å². The van der Waals surface area contributed by atoms with Crippen molar-refractivity contribution in [3.05, 3.63) is 142 Å². The molecule has 3 aromatic carbocycles. The van der Waals surface area contributed by atoms with Crippen molar-refractivity contribution in [2.45, 2.75) is 115 Å². The maximum Gasteiger partial charge on any atom is 0.179 e. The topological polar surface area (TPSA) is 266 Å². The number of nitrogens with two attached hydrogens (primary N) is 2. The smallest absolute Gasteiger partial charge is 0.179 e. The predicted molar refractivity (Wildman–Crippen MR) is 428 cm³/mol. The lowest BCUT2D eigenvalue weighted by Gasteiger charge is -2.36. The van der Waals surface area contributed by atoms with E-state index in [0.29, 0.717) is 46.2 Å². The minimum absolute atomic E-state index is 0.0189. The minimum atomic E-state index is -1.22. The molecule has 3 atom stereocenters. The normalized spacial score (nSPS) is 18.2. The highest BCUT2D eigenvalue weighted by molar-refractivity contribution is 9.10. The number of benzene rings is 3. The van der Waals surface area contributed by atoms with Gasteiger partial charge >= 0.3 is 0 Å². The van der Waals surface area contributed by atoms with Crippen LogP contribution in [0.1, 0.15) is 43.6 Å². The number of rotatable bonds is 19. The summed E-state index contributed by atoms with van der Waals surface area (Å²) in [6, 6.07) is 37.8. The number of nitriles is 1. The van der Waals surface area contributed by atoms with Crippen LogP contribution in [-0.2, 0) is 46.6 Å². The monoisotopic (exact) mass is 1560 g/mol. The Kier molecular flexibility index (Phi) is 26.6. The molecule has 5 fully saturated rings. The van der Waals surface area contributed by atoms with E-state index in [9.17, 15) is 5.26 Å². The van der Waals surface area contributed by atoms with Gasteiger partial charge in [0, 0.05) is 145 Å². The summed E-state index contributed by atoms with van der Waals surface area (Å²) in [4.78, 5) is 42.2. The number of fused-ring (bicyclic) bond motifs is 3. The molecule has 11 heterocycles. The van der Waals surface area contributed by atoms with Gasteiger partial charge in [0.1, 0.15) is 53.3 Å². The summed E-state index contributed by atoms with van der Waals surface area (Å²) in [6.45, 7) is 28.1. The van der Waals surface area contributed by atoms with E-state index in [1.807, 2.05) is 10.8 Å². The van der Waals surface area contributed by atoms with E-state index < -0.39 is 16.1 Å². The molecule has 5 N–H and O–H groups in total. The Morgan fingerprint density at radius 2 is 1.02 bits per heavy atom. The first kappa shape index (κ1) is 77.0. The van der Waals surface area contributed by atoms with Gasteiger partial charge in [-0.15, -0.1) is 0 Å². The molecule has 0 bridgehead atoms. The van der Waals surface area contributed by atoms with Crippen molar-refractivity contribution < 1.29 is 33.2 Å². The van der Waals surface area contributed by atoms with Gasteiger partial charge in [-0.05, 0) is 169 Å². The number of ether oxygens (including phenoxy) is 7. The number of hydrogen-bond donors (Lipinski definition) is 3. The number of nitrogen functional groups attached to an aromatic ring is 2. The van der Waals surface area contributed by atoms with E-state index >= 15 is 0 Å². The van der Waals surface area contributed by atoms with Crippen LogP contribution in [0.15, 0.2) is 126 Å². The van der Waals surface area contributed by atoms with E-state index in [1.54, 1.807) is 36.8 Å². The lowest BCUT2D eigenvalue weighted by atomic mass is 9.76. The Morgan fingerprint density at radius 3 is 1.51 bits per heavy atom. The number of morpholine rings is 3. The van der Waals surface area contributed by atoms with Crippen molar-refractivity contribution in [3.8, 4) is 40.2 Å². The van der Waals surface area contributed by atoms with Crippen molar-refractivity contribution >= 4 is 117 Å². The summed E-state index contributed by atoms with van der Waals surface area (Å²) in [5.74, 6) is 2.93. The van der Waals surface area contributed by atoms with Gasteiger partial charge in [-0.3, -0.25) is 9.13 Å².